The summed E-state index contributed by atoms with van der Waals surface area (Å²) in [6.45, 7) is 2.80. The number of benzene rings is 2. The van der Waals surface area contributed by atoms with Crippen LogP contribution in [0.5, 0.6) is 11.5 Å². The smallest absolute Gasteiger partial charge is 0.247 e. The molecule has 0 spiro atoms. The second kappa shape index (κ2) is 15.2. The fraction of sp³-hybridized carbons (Fsp3) is 0.455. The molecule has 1 aliphatic carbocycles. The van der Waals surface area contributed by atoms with Gasteiger partial charge < -0.3 is 30.5 Å². The Morgan fingerprint density at radius 3 is 2.48 bits per heavy atom. The molecule has 13 heteroatoms. The summed E-state index contributed by atoms with van der Waals surface area (Å²) in [6.07, 6.45) is 5.82. The zero-order valence-electron chi connectivity index (χ0n) is 26.1. The minimum atomic E-state index is -0.988. The number of nitriles is 1. The summed E-state index contributed by atoms with van der Waals surface area (Å²) in [4.78, 5) is 28.8. The Morgan fingerprint density at radius 2 is 1.83 bits per heavy atom. The zero-order valence-corrected chi connectivity index (χ0v) is 27.7. The maximum Gasteiger partial charge on any atom is 0.247 e. The van der Waals surface area contributed by atoms with Gasteiger partial charge in [-0.3, -0.25) is 9.59 Å². The molecule has 4 unspecified atom stereocenters. The normalized spacial score (nSPS) is 21.0. The number of methoxy groups -OCH3 is 2. The summed E-state index contributed by atoms with van der Waals surface area (Å²) in [5.41, 5.74) is 8.37. The molecule has 4 N–H and O–H groups in total. The number of nitrogens with zero attached hydrogens (tertiary/aromatic N) is 4. The van der Waals surface area contributed by atoms with Crippen molar-refractivity contribution in [3.8, 4) is 17.6 Å². The van der Waals surface area contributed by atoms with Crippen LogP contribution in [0.3, 0.4) is 0 Å². The lowest BCUT2D eigenvalue weighted by atomic mass is 9.76. The third-order valence-electron chi connectivity index (χ3n) is 8.99. The Labute approximate surface area is 280 Å². The number of allylic oxidation sites excluding steroid dienone is 2. The van der Waals surface area contributed by atoms with Gasteiger partial charge >= 0.3 is 0 Å². The molecule has 2 heterocycles. The van der Waals surface area contributed by atoms with Gasteiger partial charge in [0.1, 0.15) is 6.07 Å². The van der Waals surface area contributed by atoms with E-state index in [-0.39, 0.29) is 64.9 Å². The minimum absolute atomic E-state index is 0. The molecule has 2 amide bonds. The van der Waals surface area contributed by atoms with Crippen molar-refractivity contribution >= 4 is 47.2 Å². The average molecular weight is 672 g/mol. The van der Waals surface area contributed by atoms with Gasteiger partial charge in [0.05, 0.1) is 60.3 Å². The first-order chi connectivity index (χ1) is 21.7. The molecule has 0 saturated carbocycles. The van der Waals surface area contributed by atoms with Crippen molar-refractivity contribution in [3.63, 3.8) is 0 Å². The monoisotopic (exact) mass is 670 g/mol. The molecule has 2 aromatic rings. The number of anilines is 1. The van der Waals surface area contributed by atoms with Gasteiger partial charge in [0, 0.05) is 31.1 Å². The lowest BCUT2D eigenvalue weighted by Gasteiger charge is -2.43. The van der Waals surface area contributed by atoms with Crippen molar-refractivity contribution in [1.82, 2.24) is 15.2 Å². The SMILES string of the molecule is COc1ccc(C2=NN(C3CCN(C(=O)C(C)NCC(O)c4cc(Cl)c(N)c(C#N)c4)CC3)C(=O)C3CC=CCC23)cc1OC.Cl. The summed E-state index contributed by atoms with van der Waals surface area (Å²) in [6, 6.07) is 10.0. The molecule has 3 aliphatic rings. The molecule has 0 radical (unpaired) electrons. The quantitative estimate of drug-likeness (QED) is 0.267. The number of hydrogen-bond donors (Lipinski definition) is 3. The number of rotatable bonds is 9. The molecule has 1 saturated heterocycles. The van der Waals surface area contributed by atoms with Crippen molar-refractivity contribution < 1.29 is 24.2 Å². The second-order valence-electron chi connectivity index (χ2n) is 11.7. The topological polar surface area (TPSA) is 154 Å². The second-order valence-corrected chi connectivity index (χ2v) is 12.1. The summed E-state index contributed by atoms with van der Waals surface area (Å²) in [5, 5.41) is 29.9. The molecule has 246 valence electrons. The fourth-order valence-electron chi connectivity index (χ4n) is 6.35. The van der Waals surface area contributed by atoms with E-state index in [1.807, 2.05) is 24.3 Å². The first-order valence-electron chi connectivity index (χ1n) is 15.1. The number of piperidine rings is 1. The standard InChI is InChI=1S/C33H39ClN6O5.ClH/c1-19(37-18-27(41)21-14-22(17-35)30(36)26(34)15-21)32(42)39-12-10-23(11-13-39)40-33(43)25-7-5-4-6-24(25)31(38-40)20-8-9-28(44-2)29(16-20)45-3;/h4-5,8-9,14-16,19,23-25,27,37,41H,6-7,10-13,18,36H2,1-3H3;1H. The Bertz CT molecular complexity index is 1550. The molecule has 46 heavy (non-hydrogen) atoms. The molecular formula is C33H40Cl2N6O5. The largest absolute Gasteiger partial charge is 0.493 e. The summed E-state index contributed by atoms with van der Waals surface area (Å²) in [5.74, 6) is 0.969. The first-order valence-corrected chi connectivity index (χ1v) is 15.5. The van der Waals surface area contributed by atoms with Crippen molar-refractivity contribution in [3.05, 3.63) is 64.2 Å². The van der Waals surface area contributed by atoms with E-state index in [1.54, 1.807) is 31.1 Å². The van der Waals surface area contributed by atoms with Gasteiger partial charge in [-0.05, 0) is 68.5 Å². The van der Waals surface area contributed by atoms with Gasteiger partial charge in [-0.2, -0.15) is 10.4 Å². The number of hydrogen-bond acceptors (Lipinski definition) is 9. The van der Waals surface area contributed by atoms with Crippen LogP contribution in [0, 0.1) is 23.2 Å². The van der Waals surface area contributed by atoms with Crippen LogP contribution in [0.15, 0.2) is 47.6 Å². The number of hydrazone groups is 1. The van der Waals surface area contributed by atoms with Crippen molar-refractivity contribution in [1.29, 1.82) is 5.26 Å². The van der Waals surface area contributed by atoms with Gasteiger partial charge in [-0.25, -0.2) is 5.01 Å². The Morgan fingerprint density at radius 1 is 1.15 bits per heavy atom. The minimum Gasteiger partial charge on any atom is -0.493 e. The van der Waals surface area contributed by atoms with Crippen LogP contribution in [-0.4, -0.2) is 78.5 Å². The number of halogens is 2. The number of carbonyl (C=O) groups excluding carboxylic acids is 2. The number of carbonyl (C=O) groups is 2. The fourth-order valence-corrected chi connectivity index (χ4v) is 6.58. The number of likely N-dealkylation sites (tertiary alicyclic amines) is 1. The van der Waals surface area contributed by atoms with Crippen LogP contribution in [0.1, 0.15) is 55.4 Å². The highest BCUT2D eigenvalue weighted by Crippen LogP contribution is 2.38. The van der Waals surface area contributed by atoms with Gasteiger partial charge in [-0.1, -0.05) is 23.8 Å². The van der Waals surface area contributed by atoms with E-state index in [4.69, 9.17) is 31.9 Å². The van der Waals surface area contributed by atoms with Crippen LogP contribution in [0.25, 0.3) is 0 Å². The van der Waals surface area contributed by atoms with Crippen LogP contribution in [0.4, 0.5) is 5.69 Å². The lowest BCUT2D eigenvalue weighted by molar-refractivity contribution is -0.142. The number of nitrogens with two attached hydrogens (primary N) is 1. The zero-order chi connectivity index (χ0) is 32.2. The van der Waals surface area contributed by atoms with Crippen LogP contribution < -0.4 is 20.5 Å². The molecule has 11 nitrogen and oxygen atoms in total. The van der Waals surface area contributed by atoms with Crippen molar-refractivity contribution in [2.45, 2.75) is 50.8 Å². The molecule has 0 aromatic heterocycles. The van der Waals surface area contributed by atoms with Crippen LogP contribution >= 0.6 is 24.0 Å². The van der Waals surface area contributed by atoms with Gasteiger partial charge in [-0.15, -0.1) is 12.4 Å². The van der Waals surface area contributed by atoms with Crippen LogP contribution in [-0.2, 0) is 9.59 Å². The Hall–Kier alpha value is -3.82. The Balaban J connectivity index is 0.00000480. The number of aliphatic hydroxyl groups is 1. The van der Waals surface area contributed by atoms with Gasteiger partial charge in [0.15, 0.2) is 11.5 Å². The maximum atomic E-state index is 13.7. The third-order valence-corrected chi connectivity index (χ3v) is 9.30. The van der Waals surface area contributed by atoms with Gasteiger partial charge in [0.2, 0.25) is 11.8 Å². The lowest BCUT2D eigenvalue weighted by Crippen LogP contribution is -2.54. The third kappa shape index (κ3) is 7.10. The van der Waals surface area contributed by atoms with E-state index in [0.29, 0.717) is 49.4 Å². The highest BCUT2D eigenvalue weighted by atomic mass is 35.5. The summed E-state index contributed by atoms with van der Waals surface area (Å²) >= 11 is 6.12. The molecular weight excluding hydrogens is 631 g/mol. The highest BCUT2D eigenvalue weighted by molar-refractivity contribution is 6.33. The van der Waals surface area contributed by atoms with Gasteiger partial charge in [0.25, 0.3) is 0 Å². The highest BCUT2D eigenvalue weighted by Gasteiger charge is 2.43. The van der Waals surface area contributed by atoms with Crippen LogP contribution in [0.2, 0.25) is 5.02 Å². The molecule has 2 aliphatic heterocycles. The van der Waals surface area contributed by atoms with E-state index < -0.39 is 12.1 Å². The number of amides is 2. The summed E-state index contributed by atoms with van der Waals surface area (Å²) < 4.78 is 11.0. The number of nitrogen functional groups attached to an aromatic ring is 1. The Kier molecular flexibility index (Phi) is 11.6. The van der Waals surface area contributed by atoms with Crippen molar-refractivity contribution in [2.24, 2.45) is 16.9 Å². The first kappa shape index (κ1) is 35.0. The molecule has 4 atom stereocenters. The predicted octanol–water partition coefficient (Wildman–Crippen LogP) is 4.06. The average Bonchev–Trinajstić information content (AvgIpc) is 3.07. The molecule has 2 aromatic carbocycles. The number of ether oxygens (including phenoxy) is 2. The van der Waals surface area contributed by atoms with E-state index in [2.05, 4.69) is 17.5 Å². The summed E-state index contributed by atoms with van der Waals surface area (Å²) in [7, 11) is 3.19. The van der Waals surface area contributed by atoms with E-state index in [0.717, 1.165) is 17.7 Å². The van der Waals surface area contributed by atoms with E-state index in [9.17, 15) is 20.0 Å². The number of aliphatic hydroxyl groups excluding tert-OH is 1. The van der Waals surface area contributed by atoms with E-state index >= 15 is 0 Å². The maximum absolute atomic E-state index is 13.7. The van der Waals surface area contributed by atoms with E-state index in [1.165, 1.54) is 12.1 Å². The van der Waals surface area contributed by atoms with Crippen molar-refractivity contribution in [2.75, 3.05) is 39.6 Å². The number of nitrogens with one attached hydrogen (secondary N) is 1. The predicted molar refractivity (Wildman–Crippen MR) is 178 cm³/mol. The number of fused-ring (bicyclic) bond motifs is 1. The molecule has 1 fully saturated rings. The molecule has 5 rings (SSSR count). The molecule has 0 bridgehead atoms.